The molecule has 0 aromatic heterocycles. The van der Waals surface area contributed by atoms with E-state index in [0.29, 0.717) is 18.4 Å². The van der Waals surface area contributed by atoms with Crippen LogP contribution in [0.5, 0.6) is 0 Å². The van der Waals surface area contributed by atoms with E-state index in [0.717, 1.165) is 50.1 Å². The second-order valence-electron chi connectivity index (χ2n) is 7.61. The highest BCUT2D eigenvalue weighted by atomic mass is 32.2. The smallest absolute Gasteiger partial charge is 0.242 e. The Bertz CT molecular complexity index is 753. The Hall–Kier alpha value is -1.60. The van der Waals surface area contributed by atoms with Crippen LogP contribution in [-0.4, -0.2) is 45.4 Å². The van der Waals surface area contributed by atoms with E-state index in [1.165, 1.54) is 0 Å². The maximum absolute atomic E-state index is 12.8. The van der Waals surface area contributed by atoms with Crippen LogP contribution >= 0.6 is 0 Å². The fourth-order valence-electron chi connectivity index (χ4n) is 4.10. The fraction of sp³-hybridized carbons (Fsp3) is 0.611. The lowest BCUT2D eigenvalue weighted by Gasteiger charge is -2.38. The third-order valence-corrected chi connectivity index (χ3v) is 6.06. The molecule has 0 aliphatic carbocycles. The molecule has 0 bridgehead atoms. The van der Waals surface area contributed by atoms with Crippen LogP contribution in [0.4, 0.5) is 5.69 Å². The Morgan fingerprint density at radius 3 is 2.56 bits per heavy atom. The minimum Gasteiger partial charge on any atom is -0.362 e. The van der Waals surface area contributed by atoms with Crippen LogP contribution in [-0.2, 0) is 21.2 Å². The first-order valence-electron chi connectivity index (χ1n) is 8.92. The topological polar surface area (TPSA) is 83.7 Å². The molecule has 2 N–H and O–H groups in total. The number of hydrogen-bond acceptors (Lipinski definition) is 4. The van der Waals surface area contributed by atoms with E-state index < -0.39 is 10.0 Å². The van der Waals surface area contributed by atoms with E-state index in [1.807, 2.05) is 15.9 Å². The molecule has 2 unspecified atom stereocenters. The zero-order chi connectivity index (χ0) is 18.2. The molecule has 1 saturated heterocycles. The van der Waals surface area contributed by atoms with Crippen LogP contribution in [0.1, 0.15) is 32.3 Å². The zero-order valence-corrected chi connectivity index (χ0v) is 15.8. The van der Waals surface area contributed by atoms with Gasteiger partial charge in [0.15, 0.2) is 0 Å². The summed E-state index contributed by atoms with van der Waals surface area (Å²) in [7, 11) is -3.75. The maximum Gasteiger partial charge on any atom is 0.242 e. The van der Waals surface area contributed by atoms with Gasteiger partial charge in [-0.05, 0) is 48.8 Å². The second-order valence-corrected chi connectivity index (χ2v) is 9.17. The van der Waals surface area contributed by atoms with E-state index in [-0.39, 0.29) is 10.8 Å². The summed E-state index contributed by atoms with van der Waals surface area (Å²) in [5, 5.41) is 5.26. The van der Waals surface area contributed by atoms with Crippen molar-refractivity contribution in [3.63, 3.8) is 0 Å². The predicted octanol–water partition coefficient (Wildman–Crippen LogP) is 1.59. The molecule has 138 valence electrons. The van der Waals surface area contributed by atoms with E-state index in [2.05, 4.69) is 13.8 Å². The summed E-state index contributed by atoms with van der Waals surface area (Å²) >= 11 is 0. The quantitative estimate of drug-likeness (QED) is 0.882. The largest absolute Gasteiger partial charge is 0.362 e. The van der Waals surface area contributed by atoms with Gasteiger partial charge in [-0.15, -0.1) is 0 Å². The Labute approximate surface area is 150 Å². The molecule has 6 nitrogen and oxygen atoms in total. The highest BCUT2D eigenvalue weighted by Gasteiger charge is 2.28. The number of primary sulfonamides is 1. The summed E-state index contributed by atoms with van der Waals surface area (Å²) in [6.07, 6.45) is 3.01. The average Bonchev–Trinajstić information content (AvgIpc) is 2.53. The second kappa shape index (κ2) is 6.96. The lowest BCUT2D eigenvalue weighted by molar-refractivity contribution is -0.132. The van der Waals surface area contributed by atoms with Crippen LogP contribution in [0.25, 0.3) is 0 Å². The molecule has 1 aromatic carbocycles. The molecule has 2 heterocycles. The lowest BCUT2D eigenvalue weighted by atomic mass is 9.92. The molecule has 1 amide bonds. The number of benzene rings is 1. The van der Waals surface area contributed by atoms with Gasteiger partial charge in [0.1, 0.15) is 0 Å². The van der Waals surface area contributed by atoms with Crippen LogP contribution in [0, 0.1) is 11.8 Å². The van der Waals surface area contributed by atoms with Gasteiger partial charge >= 0.3 is 0 Å². The van der Waals surface area contributed by atoms with Crippen molar-refractivity contribution in [2.24, 2.45) is 17.0 Å². The number of fused-ring (bicyclic) bond motifs is 1. The van der Waals surface area contributed by atoms with Crippen molar-refractivity contribution >= 4 is 21.6 Å². The zero-order valence-electron chi connectivity index (χ0n) is 14.9. The number of nitrogens with two attached hydrogens (primary N) is 1. The van der Waals surface area contributed by atoms with Crippen molar-refractivity contribution in [2.45, 2.75) is 38.0 Å². The summed E-state index contributed by atoms with van der Waals surface area (Å²) in [6, 6.07) is 4.97. The summed E-state index contributed by atoms with van der Waals surface area (Å²) in [6.45, 7) is 7.03. The molecule has 1 fully saturated rings. The molecule has 2 aliphatic heterocycles. The number of anilines is 1. The highest BCUT2D eigenvalue weighted by Crippen LogP contribution is 2.30. The van der Waals surface area contributed by atoms with Gasteiger partial charge in [-0.2, -0.15) is 0 Å². The Morgan fingerprint density at radius 1 is 1.24 bits per heavy atom. The van der Waals surface area contributed by atoms with Crippen molar-refractivity contribution in [1.82, 2.24) is 4.90 Å². The minimum atomic E-state index is -3.75. The number of rotatable bonds is 3. The van der Waals surface area contributed by atoms with Gasteiger partial charge in [-0.3, -0.25) is 4.79 Å². The minimum absolute atomic E-state index is 0.103. The Morgan fingerprint density at radius 2 is 1.92 bits per heavy atom. The highest BCUT2D eigenvalue weighted by molar-refractivity contribution is 7.89. The summed E-state index contributed by atoms with van der Waals surface area (Å²) in [4.78, 5) is 16.8. The third-order valence-electron chi connectivity index (χ3n) is 5.15. The van der Waals surface area contributed by atoms with Crippen LogP contribution in [0.3, 0.4) is 0 Å². The monoisotopic (exact) mass is 365 g/mol. The van der Waals surface area contributed by atoms with E-state index >= 15 is 0 Å². The number of sulfonamides is 1. The first-order chi connectivity index (χ1) is 11.7. The van der Waals surface area contributed by atoms with Gasteiger partial charge in [-0.1, -0.05) is 19.9 Å². The van der Waals surface area contributed by atoms with Crippen molar-refractivity contribution in [3.8, 4) is 0 Å². The third kappa shape index (κ3) is 4.15. The molecule has 1 aromatic rings. The van der Waals surface area contributed by atoms with E-state index in [1.54, 1.807) is 12.1 Å². The molecular formula is C18H27N3O3S. The Balaban J connectivity index is 1.79. The molecule has 25 heavy (non-hydrogen) atoms. The number of aryl methyl sites for hydroxylation is 1. The van der Waals surface area contributed by atoms with Gasteiger partial charge in [-0.25, -0.2) is 13.6 Å². The molecular weight excluding hydrogens is 338 g/mol. The van der Waals surface area contributed by atoms with E-state index in [9.17, 15) is 13.2 Å². The van der Waals surface area contributed by atoms with Gasteiger partial charge in [0.05, 0.1) is 11.4 Å². The summed E-state index contributed by atoms with van der Waals surface area (Å²) in [5.74, 6) is 1.16. The normalized spacial score (nSPS) is 24.1. The fourth-order valence-corrected chi connectivity index (χ4v) is 4.63. The molecule has 3 rings (SSSR count). The van der Waals surface area contributed by atoms with Crippen LogP contribution in [0.15, 0.2) is 23.1 Å². The van der Waals surface area contributed by atoms with E-state index in [4.69, 9.17) is 5.14 Å². The average molecular weight is 365 g/mol. The van der Waals surface area contributed by atoms with Crippen LogP contribution < -0.4 is 10.0 Å². The molecule has 0 spiro atoms. The number of amides is 1. The van der Waals surface area contributed by atoms with Crippen molar-refractivity contribution in [2.75, 3.05) is 31.1 Å². The maximum atomic E-state index is 12.8. The first kappa shape index (κ1) is 18.2. The molecule has 2 aliphatic rings. The molecule has 0 radical (unpaired) electrons. The number of carbonyl (C=O) groups is 1. The molecule has 0 saturated carbocycles. The van der Waals surface area contributed by atoms with Crippen molar-refractivity contribution in [3.05, 3.63) is 23.8 Å². The standard InChI is InChI=1S/C18H27N3O3S/c1-13-8-14(2)11-21(10-13)18(22)12-20-7-3-4-15-5-6-16(9-17(15)20)25(19,23)24/h5-6,9,13-14H,3-4,7-8,10-12H2,1-2H3,(H2,19,23,24). The predicted molar refractivity (Wildman–Crippen MR) is 97.9 cm³/mol. The van der Waals surface area contributed by atoms with Crippen molar-refractivity contribution in [1.29, 1.82) is 0 Å². The van der Waals surface area contributed by atoms with Gasteiger partial charge in [0.25, 0.3) is 0 Å². The van der Waals surface area contributed by atoms with Gasteiger partial charge in [0.2, 0.25) is 15.9 Å². The summed E-state index contributed by atoms with van der Waals surface area (Å²) < 4.78 is 23.3. The van der Waals surface area contributed by atoms with Crippen molar-refractivity contribution < 1.29 is 13.2 Å². The number of carbonyl (C=O) groups excluding carboxylic acids is 1. The number of hydrogen-bond donors (Lipinski definition) is 1. The van der Waals surface area contributed by atoms with Gasteiger partial charge < -0.3 is 9.80 Å². The number of nitrogens with zero attached hydrogens (tertiary/aromatic N) is 2. The van der Waals surface area contributed by atoms with Gasteiger partial charge in [0, 0.05) is 25.3 Å². The number of likely N-dealkylation sites (tertiary alicyclic amines) is 1. The first-order valence-corrected chi connectivity index (χ1v) is 10.5. The lowest BCUT2D eigenvalue weighted by Crippen LogP contribution is -2.47. The number of piperidine rings is 1. The molecule has 7 heteroatoms. The Kier molecular flexibility index (Phi) is 5.06. The van der Waals surface area contributed by atoms with Crippen LogP contribution in [0.2, 0.25) is 0 Å². The SMILES string of the molecule is CC1CC(C)CN(C(=O)CN2CCCc3ccc(S(N)(=O)=O)cc32)C1. The molecule has 2 atom stereocenters. The summed E-state index contributed by atoms with van der Waals surface area (Å²) in [5.41, 5.74) is 1.90.